The van der Waals surface area contributed by atoms with Crippen LogP contribution in [0.5, 0.6) is 5.75 Å². The predicted octanol–water partition coefficient (Wildman–Crippen LogP) is 3.13. The maximum atomic E-state index is 13.8. The van der Waals surface area contributed by atoms with Crippen molar-refractivity contribution in [1.82, 2.24) is 9.88 Å². The van der Waals surface area contributed by atoms with Gasteiger partial charge in [0.15, 0.2) is 11.4 Å². The van der Waals surface area contributed by atoms with Crippen LogP contribution < -0.4 is 15.5 Å². The van der Waals surface area contributed by atoms with Crippen molar-refractivity contribution in [2.24, 2.45) is 0 Å². The molecule has 0 bridgehead atoms. The standard InChI is InChI=1S/C29H26F2N2O10/c1-13-17-5-2-14(8-15(17)11-32-13)18-6-7-19-23(25(18)43-28(30)31)33(16-3-4-16)12-20(24(19)37)26(38)42-22(36)10-29(41,27(39)40)9-21(34)35/h2,5-8,12-13,16,28,32,41H,3-4,9-11H2,1H3,(H,34,35)(H,39,40). The van der Waals surface area contributed by atoms with Crippen molar-refractivity contribution in [1.29, 1.82) is 0 Å². The molecule has 2 heterocycles. The maximum Gasteiger partial charge on any atom is 0.387 e. The average Bonchev–Trinajstić information content (AvgIpc) is 3.70. The topological polar surface area (TPSA) is 181 Å². The van der Waals surface area contributed by atoms with Crippen LogP contribution in [-0.4, -0.2) is 56.0 Å². The Morgan fingerprint density at radius 1 is 1.12 bits per heavy atom. The molecule has 226 valence electrons. The van der Waals surface area contributed by atoms with Gasteiger partial charge in [0.1, 0.15) is 5.56 Å². The Bertz CT molecular complexity index is 1730. The average molecular weight is 601 g/mol. The molecule has 1 fully saturated rings. The molecule has 43 heavy (non-hydrogen) atoms. The molecule has 0 amide bonds. The predicted molar refractivity (Wildman–Crippen MR) is 144 cm³/mol. The number of esters is 2. The molecule has 4 N–H and O–H groups in total. The normalized spacial score (nSPS) is 17.4. The third-order valence-corrected chi connectivity index (χ3v) is 7.52. The van der Waals surface area contributed by atoms with Gasteiger partial charge in [0.25, 0.3) is 0 Å². The van der Waals surface area contributed by atoms with E-state index in [2.05, 4.69) is 10.1 Å². The lowest BCUT2D eigenvalue weighted by atomic mass is 9.96. The molecule has 1 aliphatic heterocycles. The molecule has 0 spiro atoms. The van der Waals surface area contributed by atoms with Crippen LogP contribution in [0.25, 0.3) is 22.0 Å². The number of halogens is 2. The number of aliphatic carboxylic acids is 2. The summed E-state index contributed by atoms with van der Waals surface area (Å²) in [5.41, 5.74) is -1.76. The molecule has 0 radical (unpaired) electrons. The summed E-state index contributed by atoms with van der Waals surface area (Å²) in [6.45, 7) is -0.663. The second-order valence-electron chi connectivity index (χ2n) is 10.6. The highest BCUT2D eigenvalue weighted by atomic mass is 19.3. The van der Waals surface area contributed by atoms with Crippen LogP contribution in [0.3, 0.4) is 0 Å². The number of hydrogen-bond acceptors (Lipinski definition) is 9. The summed E-state index contributed by atoms with van der Waals surface area (Å²) in [4.78, 5) is 61.0. The molecule has 1 saturated carbocycles. The summed E-state index contributed by atoms with van der Waals surface area (Å²) >= 11 is 0. The first-order valence-electron chi connectivity index (χ1n) is 13.2. The molecule has 1 aliphatic carbocycles. The summed E-state index contributed by atoms with van der Waals surface area (Å²) in [6.07, 6.45) is -0.504. The monoisotopic (exact) mass is 600 g/mol. The number of aromatic nitrogens is 1. The van der Waals surface area contributed by atoms with Gasteiger partial charge in [-0.25, -0.2) is 9.59 Å². The van der Waals surface area contributed by atoms with Crippen LogP contribution in [0.4, 0.5) is 8.78 Å². The number of aliphatic hydroxyl groups is 1. The quantitative estimate of drug-likeness (QED) is 0.198. The van der Waals surface area contributed by atoms with Crippen molar-refractivity contribution in [3.8, 4) is 16.9 Å². The third-order valence-electron chi connectivity index (χ3n) is 7.52. The number of carbonyl (C=O) groups is 4. The summed E-state index contributed by atoms with van der Waals surface area (Å²) in [5, 5.41) is 31.3. The number of carbonyl (C=O) groups excluding carboxylic acids is 2. The molecule has 0 saturated heterocycles. The SMILES string of the molecule is CC1NCc2cc(-c3ccc4c(=O)c(C(=O)OC(=O)CC(O)(CC(=O)O)C(=O)O)cn(C5CC5)c4c3OC(F)F)ccc21. The van der Waals surface area contributed by atoms with Gasteiger partial charge in [-0.3, -0.25) is 14.4 Å². The minimum absolute atomic E-state index is 0.0156. The molecular weight excluding hydrogens is 574 g/mol. The van der Waals surface area contributed by atoms with E-state index >= 15 is 0 Å². The van der Waals surface area contributed by atoms with E-state index in [0.29, 0.717) is 30.5 Å². The van der Waals surface area contributed by atoms with Gasteiger partial charge in [-0.15, -0.1) is 0 Å². The van der Waals surface area contributed by atoms with E-state index in [1.165, 1.54) is 16.7 Å². The van der Waals surface area contributed by atoms with Crippen LogP contribution in [0.1, 0.15) is 66.2 Å². The molecule has 2 aliphatic rings. The molecule has 14 heteroatoms. The van der Waals surface area contributed by atoms with Crippen molar-refractivity contribution in [2.75, 3.05) is 0 Å². The second-order valence-corrected chi connectivity index (χ2v) is 10.6. The number of pyridine rings is 1. The minimum Gasteiger partial charge on any atom is -0.481 e. The highest BCUT2D eigenvalue weighted by Crippen LogP contribution is 2.44. The van der Waals surface area contributed by atoms with Gasteiger partial charge in [0.05, 0.1) is 23.7 Å². The van der Waals surface area contributed by atoms with Crippen LogP contribution in [-0.2, 0) is 25.7 Å². The lowest BCUT2D eigenvalue weighted by Crippen LogP contribution is -2.43. The molecule has 3 aromatic rings. The van der Waals surface area contributed by atoms with Gasteiger partial charge in [0.2, 0.25) is 5.43 Å². The Balaban J connectivity index is 1.57. The molecule has 2 aromatic carbocycles. The second kappa shape index (κ2) is 11.2. The van der Waals surface area contributed by atoms with E-state index in [9.17, 15) is 43.0 Å². The van der Waals surface area contributed by atoms with Gasteiger partial charge in [-0.2, -0.15) is 8.78 Å². The largest absolute Gasteiger partial charge is 0.481 e. The summed E-state index contributed by atoms with van der Waals surface area (Å²) in [7, 11) is 0. The van der Waals surface area contributed by atoms with Gasteiger partial charge < -0.3 is 34.7 Å². The summed E-state index contributed by atoms with van der Waals surface area (Å²) < 4.78 is 38.6. The minimum atomic E-state index is -3.25. The number of benzene rings is 2. The van der Waals surface area contributed by atoms with Gasteiger partial charge in [-0.1, -0.05) is 12.1 Å². The number of nitrogens with one attached hydrogen (secondary N) is 1. The Hall–Kier alpha value is -4.69. The molecule has 2 atom stereocenters. The zero-order valence-electron chi connectivity index (χ0n) is 22.6. The number of carboxylic acid groups (broad SMARTS) is 2. The fourth-order valence-electron chi connectivity index (χ4n) is 5.26. The van der Waals surface area contributed by atoms with Gasteiger partial charge in [0, 0.05) is 30.4 Å². The third kappa shape index (κ3) is 5.83. The van der Waals surface area contributed by atoms with E-state index < -0.39 is 59.9 Å². The number of nitrogens with zero attached hydrogens (tertiary/aromatic N) is 1. The van der Waals surface area contributed by atoms with E-state index in [0.717, 1.165) is 17.3 Å². The number of carboxylic acids is 2. The van der Waals surface area contributed by atoms with Crippen LogP contribution in [0.2, 0.25) is 0 Å². The zero-order valence-corrected chi connectivity index (χ0v) is 22.6. The smallest absolute Gasteiger partial charge is 0.387 e. The fraction of sp³-hybridized carbons (Fsp3) is 0.345. The fourth-order valence-corrected chi connectivity index (χ4v) is 5.26. The van der Waals surface area contributed by atoms with Crippen molar-refractivity contribution in [3.05, 3.63) is 63.4 Å². The highest BCUT2D eigenvalue weighted by molar-refractivity contribution is 6.02. The first-order chi connectivity index (χ1) is 20.3. The lowest BCUT2D eigenvalue weighted by Gasteiger charge is -2.20. The molecule has 2 unspecified atom stereocenters. The summed E-state index contributed by atoms with van der Waals surface area (Å²) in [5.74, 6) is -7.11. The molecular formula is C29H26F2N2O10. The van der Waals surface area contributed by atoms with E-state index in [-0.39, 0.29) is 28.7 Å². The van der Waals surface area contributed by atoms with Crippen molar-refractivity contribution in [2.45, 2.75) is 63.4 Å². The van der Waals surface area contributed by atoms with E-state index in [1.807, 2.05) is 19.1 Å². The maximum absolute atomic E-state index is 13.8. The van der Waals surface area contributed by atoms with Crippen LogP contribution >= 0.6 is 0 Å². The van der Waals surface area contributed by atoms with E-state index in [4.69, 9.17) is 9.84 Å². The highest BCUT2D eigenvalue weighted by Gasteiger charge is 2.42. The molecule has 1 aromatic heterocycles. The van der Waals surface area contributed by atoms with Crippen molar-refractivity contribution < 1.29 is 52.8 Å². The Morgan fingerprint density at radius 3 is 2.47 bits per heavy atom. The Morgan fingerprint density at radius 2 is 1.84 bits per heavy atom. The first kappa shape index (κ1) is 29.8. The number of rotatable bonds is 10. The lowest BCUT2D eigenvalue weighted by molar-refractivity contribution is -0.170. The van der Waals surface area contributed by atoms with Gasteiger partial charge in [-0.05, 0) is 54.7 Å². The van der Waals surface area contributed by atoms with Gasteiger partial charge >= 0.3 is 30.5 Å². The molecule has 5 rings (SSSR count). The number of hydrogen-bond donors (Lipinski definition) is 4. The number of fused-ring (bicyclic) bond motifs is 2. The number of alkyl halides is 2. The van der Waals surface area contributed by atoms with Crippen molar-refractivity contribution >= 4 is 34.8 Å². The number of ether oxygens (including phenoxy) is 2. The summed E-state index contributed by atoms with van der Waals surface area (Å²) in [6, 6.07) is 8.11. The Kier molecular flexibility index (Phi) is 7.75. The molecule has 12 nitrogen and oxygen atoms in total. The Labute approximate surface area is 241 Å². The van der Waals surface area contributed by atoms with Crippen LogP contribution in [0, 0.1) is 0 Å². The van der Waals surface area contributed by atoms with Crippen molar-refractivity contribution in [3.63, 3.8) is 0 Å². The first-order valence-corrected chi connectivity index (χ1v) is 13.2. The zero-order chi connectivity index (χ0) is 31.2. The van der Waals surface area contributed by atoms with E-state index in [1.54, 1.807) is 6.07 Å². The van der Waals surface area contributed by atoms with Crippen LogP contribution in [0.15, 0.2) is 41.3 Å².